The van der Waals surface area contributed by atoms with Gasteiger partial charge in [-0.25, -0.2) is 10.4 Å². The van der Waals surface area contributed by atoms with Gasteiger partial charge in [-0.05, 0) is 17.7 Å². The van der Waals surface area contributed by atoms with Crippen LogP contribution in [0.3, 0.4) is 0 Å². The van der Waals surface area contributed by atoms with Crippen LogP contribution >= 0.6 is 11.3 Å². The number of rotatable bonds is 4. The van der Waals surface area contributed by atoms with Crippen molar-refractivity contribution >= 4 is 27.9 Å². The summed E-state index contributed by atoms with van der Waals surface area (Å²) in [4.78, 5) is 17.7. The summed E-state index contributed by atoms with van der Waals surface area (Å²) in [6, 6.07) is 17.8. The monoisotopic (exact) mass is 402 g/mol. The van der Waals surface area contributed by atoms with Gasteiger partial charge in [-0.1, -0.05) is 42.5 Å². The van der Waals surface area contributed by atoms with E-state index in [0.29, 0.717) is 6.42 Å². The lowest BCUT2D eigenvalue weighted by molar-refractivity contribution is -0.120. The summed E-state index contributed by atoms with van der Waals surface area (Å²) in [7, 11) is 0. The standard InChI is InChI=1S/C22H18N4O2S/c27-21(12-16-14-26-10-11-29-22(26)23-16)25-24-18-13-20(15-6-2-1-3-7-15)28-19-9-5-4-8-17(18)19/h1-11,14,20H,12-13H2,(H,25,27). The number of ether oxygens (including phenoxy) is 1. The van der Waals surface area contributed by atoms with Gasteiger partial charge in [0, 0.05) is 29.8 Å². The Labute approximate surface area is 171 Å². The van der Waals surface area contributed by atoms with Gasteiger partial charge >= 0.3 is 0 Å². The van der Waals surface area contributed by atoms with Crippen molar-refractivity contribution in [3.63, 3.8) is 0 Å². The number of hydrogen-bond donors (Lipinski definition) is 1. The van der Waals surface area contributed by atoms with E-state index >= 15 is 0 Å². The van der Waals surface area contributed by atoms with Crippen LogP contribution in [0, 0.1) is 0 Å². The number of nitrogens with zero attached hydrogens (tertiary/aromatic N) is 3. The summed E-state index contributed by atoms with van der Waals surface area (Å²) in [6.45, 7) is 0. The molecule has 0 saturated carbocycles. The second-order valence-electron chi connectivity index (χ2n) is 6.81. The van der Waals surface area contributed by atoms with Crippen molar-refractivity contribution in [3.8, 4) is 5.75 Å². The summed E-state index contributed by atoms with van der Waals surface area (Å²) in [5, 5.41) is 6.41. The van der Waals surface area contributed by atoms with Gasteiger partial charge in [0.15, 0.2) is 4.96 Å². The molecular weight excluding hydrogens is 384 g/mol. The number of imidazole rings is 1. The first kappa shape index (κ1) is 17.6. The quantitative estimate of drug-likeness (QED) is 0.525. The zero-order valence-electron chi connectivity index (χ0n) is 15.5. The van der Waals surface area contributed by atoms with E-state index in [-0.39, 0.29) is 18.4 Å². The second kappa shape index (κ2) is 7.52. The molecule has 0 radical (unpaired) electrons. The Morgan fingerprint density at radius 1 is 1.21 bits per heavy atom. The third-order valence-electron chi connectivity index (χ3n) is 4.82. The number of carbonyl (C=O) groups excluding carboxylic acids is 1. The fourth-order valence-corrected chi connectivity index (χ4v) is 4.16. The number of carbonyl (C=O) groups is 1. The Hall–Kier alpha value is -3.45. The van der Waals surface area contributed by atoms with Crippen LogP contribution in [0.1, 0.15) is 29.3 Å². The highest BCUT2D eigenvalue weighted by Gasteiger charge is 2.26. The number of aromatic nitrogens is 2. The molecule has 2 aromatic heterocycles. The Balaban J connectivity index is 1.35. The SMILES string of the molecule is O=C(Cc1cn2ccsc2n1)NN=C1CC(c2ccccc2)Oc2ccccc21. The molecule has 5 rings (SSSR count). The van der Waals surface area contributed by atoms with Gasteiger partial charge in [0.1, 0.15) is 11.9 Å². The molecule has 0 aliphatic carbocycles. The van der Waals surface area contributed by atoms with Crippen molar-refractivity contribution in [2.45, 2.75) is 18.9 Å². The van der Waals surface area contributed by atoms with Crippen molar-refractivity contribution < 1.29 is 9.53 Å². The zero-order valence-corrected chi connectivity index (χ0v) is 16.3. The van der Waals surface area contributed by atoms with E-state index in [9.17, 15) is 4.79 Å². The molecule has 0 saturated heterocycles. The molecule has 4 aromatic rings. The largest absolute Gasteiger partial charge is 0.485 e. The minimum absolute atomic E-state index is 0.137. The van der Waals surface area contributed by atoms with Gasteiger partial charge in [0.25, 0.3) is 0 Å². The molecule has 1 amide bonds. The summed E-state index contributed by atoms with van der Waals surface area (Å²) < 4.78 is 8.09. The maximum atomic E-state index is 12.4. The third-order valence-corrected chi connectivity index (χ3v) is 5.59. The van der Waals surface area contributed by atoms with Gasteiger partial charge in [-0.15, -0.1) is 11.3 Å². The lowest BCUT2D eigenvalue weighted by Crippen LogP contribution is -2.26. The van der Waals surface area contributed by atoms with Gasteiger partial charge in [-0.3, -0.25) is 9.20 Å². The molecule has 1 atom stereocenters. The average molecular weight is 402 g/mol. The van der Waals surface area contributed by atoms with Crippen LogP contribution in [-0.2, 0) is 11.2 Å². The Kier molecular flexibility index (Phi) is 4.57. The summed E-state index contributed by atoms with van der Waals surface area (Å²) in [5.74, 6) is 0.582. The van der Waals surface area contributed by atoms with Crippen molar-refractivity contribution in [2.24, 2.45) is 5.10 Å². The zero-order chi connectivity index (χ0) is 19.6. The molecule has 7 heteroatoms. The topological polar surface area (TPSA) is 68.0 Å². The molecule has 29 heavy (non-hydrogen) atoms. The van der Waals surface area contributed by atoms with E-state index in [0.717, 1.165) is 33.2 Å². The summed E-state index contributed by atoms with van der Waals surface area (Å²) >= 11 is 1.54. The van der Waals surface area contributed by atoms with E-state index in [2.05, 4.69) is 15.5 Å². The first-order valence-corrected chi connectivity index (χ1v) is 10.2. The smallest absolute Gasteiger partial charge is 0.246 e. The highest BCUT2D eigenvalue weighted by atomic mass is 32.1. The normalized spacial score (nSPS) is 17.1. The fraction of sp³-hybridized carbons (Fsp3) is 0.136. The van der Waals surface area contributed by atoms with Crippen LogP contribution in [-0.4, -0.2) is 21.0 Å². The number of hydrogen-bond acceptors (Lipinski definition) is 5. The molecule has 144 valence electrons. The average Bonchev–Trinajstić information content (AvgIpc) is 3.34. The maximum absolute atomic E-state index is 12.4. The lowest BCUT2D eigenvalue weighted by atomic mass is 9.96. The van der Waals surface area contributed by atoms with Crippen molar-refractivity contribution in [1.29, 1.82) is 0 Å². The fourth-order valence-electron chi connectivity index (χ4n) is 3.44. The van der Waals surface area contributed by atoms with E-state index < -0.39 is 0 Å². The van der Waals surface area contributed by atoms with Crippen LogP contribution < -0.4 is 10.2 Å². The highest BCUT2D eigenvalue weighted by molar-refractivity contribution is 7.15. The van der Waals surface area contributed by atoms with Crippen LogP contribution in [0.15, 0.2) is 77.5 Å². The van der Waals surface area contributed by atoms with Crippen molar-refractivity contribution in [2.75, 3.05) is 0 Å². The molecule has 0 bridgehead atoms. The Bertz CT molecular complexity index is 1170. The first-order valence-electron chi connectivity index (χ1n) is 9.34. The molecule has 1 aliphatic rings. The van der Waals surface area contributed by atoms with Crippen molar-refractivity contribution in [3.05, 3.63) is 89.2 Å². The van der Waals surface area contributed by atoms with Crippen LogP contribution in [0.25, 0.3) is 4.96 Å². The molecule has 1 N–H and O–H groups in total. The predicted molar refractivity (Wildman–Crippen MR) is 112 cm³/mol. The second-order valence-corrected chi connectivity index (χ2v) is 7.69. The van der Waals surface area contributed by atoms with Crippen molar-refractivity contribution in [1.82, 2.24) is 14.8 Å². The Morgan fingerprint density at radius 2 is 2.03 bits per heavy atom. The number of para-hydroxylation sites is 1. The van der Waals surface area contributed by atoms with Gasteiger partial charge in [0.05, 0.1) is 17.8 Å². The number of hydrazone groups is 1. The van der Waals surface area contributed by atoms with Crippen LogP contribution in [0.5, 0.6) is 5.75 Å². The highest BCUT2D eigenvalue weighted by Crippen LogP contribution is 2.34. The molecule has 1 unspecified atom stereocenters. The van der Waals surface area contributed by atoms with E-state index in [4.69, 9.17) is 4.74 Å². The molecular formula is C22H18N4O2S. The molecule has 0 spiro atoms. The molecule has 2 aromatic carbocycles. The molecule has 6 nitrogen and oxygen atoms in total. The minimum atomic E-state index is -0.191. The third kappa shape index (κ3) is 3.64. The molecule has 3 heterocycles. The molecule has 0 fully saturated rings. The van der Waals surface area contributed by atoms with E-state index in [1.54, 1.807) is 11.3 Å². The lowest BCUT2D eigenvalue weighted by Gasteiger charge is -2.27. The van der Waals surface area contributed by atoms with Crippen LogP contribution in [0.2, 0.25) is 0 Å². The Morgan fingerprint density at radius 3 is 2.90 bits per heavy atom. The number of amides is 1. The maximum Gasteiger partial charge on any atom is 0.246 e. The summed E-state index contributed by atoms with van der Waals surface area (Å²) in [5.41, 5.74) is 6.22. The van der Waals surface area contributed by atoms with E-state index in [1.807, 2.05) is 76.8 Å². The van der Waals surface area contributed by atoms with Gasteiger partial charge < -0.3 is 4.74 Å². The summed E-state index contributed by atoms with van der Waals surface area (Å²) in [6.07, 6.45) is 4.43. The van der Waals surface area contributed by atoms with Gasteiger partial charge in [0.2, 0.25) is 5.91 Å². The predicted octanol–water partition coefficient (Wildman–Crippen LogP) is 3.98. The molecule has 1 aliphatic heterocycles. The number of nitrogens with one attached hydrogen (secondary N) is 1. The number of thiazole rings is 1. The van der Waals surface area contributed by atoms with Gasteiger partial charge in [-0.2, -0.15) is 5.10 Å². The number of benzene rings is 2. The minimum Gasteiger partial charge on any atom is -0.485 e. The van der Waals surface area contributed by atoms with Crippen LogP contribution in [0.4, 0.5) is 0 Å². The van der Waals surface area contributed by atoms with E-state index in [1.165, 1.54) is 0 Å². The number of fused-ring (bicyclic) bond motifs is 2. The first-order chi connectivity index (χ1) is 14.3.